The molecular weight excluding hydrogens is 316 g/mol. The molecule has 0 aliphatic carbocycles. The van der Waals surface area contributed by atoms with Crippen molar-refractivity contribution in [1.29, 1.82) is 0 Å². The Kier molecular flexibility index (Phi) is 6.25. The molecule has 2 rings (SSSR count). The zero-order valence-corrected chi connectivity index (χ0v) is 12.9. The monoisotopic (exact) mass is 335 g/mol. The maximum atomic E-state index is 13.5. The van der Waals surface area contributed by atoms with Crippen molar-refractivity contribution in [3.63, 3.8) is 0 Å². The Morgan fingerprint density at radius 3 is 2.86 bits per heavy atom. The van der Waals surface area contributed by atoms with Crippen molar-refractivity contribution in [2.45, 2.75) is 30.3 Å². The number of sulfonamides is 1. The molecule has 1 fully saturated rings. The van der Waals surface area contributed by atoms with Crippen LogP contribution >= 0.6 is 0 Å². The number of hydrogen-bond donors (Lipinski definition) is 1. The van der Waals surface area contributed by atoms with Crippen LogP contribution in [0, 0.1) is 11.6 Å². The fourth-order valence-corrected chi connectivity index (χ4v) is 3.27. The Labute approximate surface area is 128 Å². The van der Waals surface area contributed by atoms with Gasteiger partial charge in [0.1, 0.15) is 16.5 Å². The van der Waals surface area contributed by atoms with Crippen molar-refractivity contribution in [2.75, 3.05) is 26.4 Å². The van der Waals surface area contributed by atoms with Gasteiger partial charge in [0.2, 0.25) is 10.0 Å². The predicted molar refractivity (Wildman–Crippen MR) is 76.0 cm³/mol. The molecule has 1 aromatic rings. The Bertz CT molecular complexity index is 589. The van der Waals surface area contributed by atoms with Crippen LogP contribution in [0.15, 0.2) is 23.1 Å². The molecule has 0 spiro atoms. The van der Waals surface area contributed by atoms with Crippen molar-refractivity contribution >= 4 is 10.0 Å². The van der Waals surface area contributed by atoms with Gasteiger partial charge in [-0.2, -0.15) is 0 Å². The molecule has 124 valence electrons. The molecule has 0 radical (unpaired) electrons. The molecule has 1 N–H and O–H groups in total. The minimum Gasteiger partial charge on any atom is -0.379 e. The zero-order valence-electron chi connectivity index (χ0n) is 12.1. The second kappa shape index (κ2) is 7.96. The Morgan fingerprint density at radius 2 is 2.18 bits per heavy atom. The number of benzene rings is 1. The van der Waals surface area contributed by atoms with E-state index in [0.717, 1.165) is 31.6 Å². The third kappa shape index (κ3) is 4.98. The molecule has 1 saturated heterocycles. The van der Waals surface area contributed by atoms with Crippen LogP contribution in [0.25, 0.3) is 0 Å². The molecule has 0 amide bonds. The Balaban J connectivity index is 1.71. The average molecular weight is 335 g/mol. The summed E-state index contributed by atoms with van der Waals surface area (Å²) < 4.78 is 63.0. The van der Waals surface area contributed by atoms with Crippen LogP contribution in [0.4, 0.5) is 8.78 Å². The maximum absolute atomic E-state index is 13.5. The molecule has 0 saturated carbocycles. The summed E-state index contributed by atoms with van der Waals surface area (Å²) >= 11 is 0. The fraction of sp³-hybridized carbons (Fsp3) is 0.571. The molecule has 1 aliphatic heterocycles. The maximum Gasteiger partial charge on any atom is 0.243 e. The number of ether oxygens (including phenoxy) is 2. The summed E-state index contributed by atoms with van der Waals surface area (Å²) in [6.07, 6.45) is 2.60. The van der Waals surface area contributed by atoms with E-state index in [2.05, 4.69) is 4.72 Å². The summed E-state index contributed by atoms with van der Waals surface area (Å²) in [5.41, 5.74) is 0. The SMILES string of the molecule is O=S(=O)(NCCCOC[C@H]1CCCO1)c1ccc(F)cc1F. The third-order valence-corrected chi connectivity index (χ3v) is 4.76. The van der Waals surface area contributed by atoms with E-state index >= 15 is 0 Å². The third-order valence-electron chi connectivity index (χ3n) is 3.27. The van der Waals surface area contributed by atoms with E-state index in [-0.39, 0.29) is 12.6 Å². The van der Waals surface area contributed by atoms with Gasteiger partial charge in [0.15, 0.2) is 0 Å². The molecule has 5 nitrogen and oxygen atoms in total. The van der Waals surface area contributed by atoms with Crippen LogP contribution in [-0.2, 0) is 19.5 Å². The van der Waals surface area contributed by atoms with Crippen LogP contribution in [0.2, 0.25) is 0 Å². The van der Waals surface area contributed by atoms with Gasteiger partial charge in [-0.05, 0) is 31.4 Å². The molecule has 1 heterocycles. The van der Waals surface area contributed by atoms with Crippen molar-refractivity contribution < 1.29 is 26.7 Å². The van der Waals surface area contributed by atoms with Gasteiger partial charge in [0, 0.05) is 25.8 Å². The highest BCUT2D eigenvalue weighted by Crippen LogP contribution is 2.15. The van der Waals surface area contributed by atoms with Gasteiger partial charge < -0.3 is 9.47 Å². The number of halogens is 2. The first-order valence-corrected chi connectivity index (χ1v) is 8.61. The van der Waals surface area contributed by atoms with E-state index in [1.54, 1.807) is 0 Å². The van der Waals surface area contributed by atoms with Crippen LogP contribution in [0.1, 0.15) is 19.3 Å². The summed E-state index contributed by atoms with van der Waals surface area (Å²) in [6, 6.07) is 2.35. The van der Waals surface area contributed by atoms with Gasteiger partial charge in [0.25, 0.3) is 0 Å². The lowest BCUT2D eigenvalue weighted by Gasteiger charge is -2.10. The van der Waals surface area contributed by atoms with Gasteiger partial charge >= 0.3 is 0 Å². The van der Waals surface area contributed by atoms with E-state index in [0.29, 0.717) is 25.7 Å². The summed E-state index contributed by atoms with van der Waals surface area (Å²) in [5.74, 6) is -1.93. The quantitative estimate of drug-likeness (QED) is 0.736. The van der Waals surface area contributed by atoms with Gasteiger partial charge in [-0.25, -0.2) is 21.9 Å². The van der Waals surface area contributed by atoms with E-state index in [1.165, 1.54) is 0 Å². The van der Waals surface area contributed by atoms with Crippen molar-refractivity contribution in [3.8, 4) is 0 Å². The largest absolute Gasteiger partial charge is 0.379 e. The fourth-order valence-electron chi connectivity index (χ4n) is 2.14. The molecular formula is C14H19F2NO4S. The van der Waals surface area contributed by atoms with Crippen LogP contribution in [-0.4, -0.2) is 40.9 Å². The van der Waals surface area contributed by atoms with E-state index in [4.69, 9.17) is 9.47 Å². The molecule has 0 aromatic heterocycles. The molecule has 1 aliphatic rings. The van der Waals surface area contributed by atoms with Crippen LogP contribution in [0.3, 0.4) is 0 Å². The average Bonchev–Trinajstić information content (AvgIpc) is 2.95. The lowest BCUT2D eigenvalue weighted by atomic mass is 10.2. The summed E-state index contributed by atoms with van der Waals surface area (Å²) in [4.78, 5) is -0.561. The molecule has 1 atom stereocenters. The van der Waals surface area contributed by atoms with Crippen molar-refractivity contribution in [3.05, 3.63) is 29.8 Å². The molecule has 22 heavy (non-hydrogen) atoms. The summed E-state index contributed by atoms with van der Waals surface area (Å²) in [7, 11) is -3.98. The number of hydrogen-bond acceptors (Lipinski definition) is 4. The van der Waals surface area contributed by atoms with E-state index in [1.807, 2.05) is 0 Å². The van der Waals surface area contributed by atoms with Crippen LogP contribution < -0.4 is 4.72 Å². The predicted octanol–water partition coefficient (Wildman–Crippen LogP) is 1.83. The highest BCUT2D eigenvalue weighted by molar-refractivity contribution is 7.89. The van der Waals surface area contributed by atoms with Crippen LogP contribution in [0.5, 0.6) is 0 Å². The topological polar surface area (TPSA) is 64.6 Å². The van der Waals surface area contributed by atoms with Gasteiger partial charge in [-0.1, -0.05) is 0 Å². The summed E-state index contributed by atoms with van der Waals surface area (Å²) in [5, 5.41) is 0. The minimum atomic E-state index is -3.98. The van der Waals surface area contributed by atoms with E-state index in [9.17, 15) is 17.2 Å². The summed E-state index contributed by atoms with van der Waals surface area (Å²) in [6.45, 7) is 1.76. The van der Waals surface area contributed by atoms with Gasteiger partial charge in [-0.15, -0.1) is 0 Å². The van der Waals surface area contributed by atoms with E-state index < -0.39 is 26.6 Å². The van der Waals surface area contributed by atoms with Crippen molar-refractivity contribution in [2.24, 2.45) is 0 Å². The lowest BCUT2D eigenvalue weighted by Crippen LogP contribution is -2.26. The normalized spacial score (nSPS) is 18.7. The number of rotatable bonds is 8. The molecule has 0 bridgehead atoms. The lowest BCUT2D eigenvalue weighted by molar-refractivity contribution is 0.0169. The first-order chi connectivity index (χ1) is 10.5. The Hall–Kier alpha value is -1.09. The Morgan fingerprint density at radius 1 is 1.36 bits per heavy atom. The smallest absolute Gasteiger partial charge is 0.243 e. The second-order valence-electron chi connectivity index (χ2n) is 5.04. The highest BCUT2D eigenvalue weighted by atomic mass is 32.2. The number of nitrogens with one attached hydrogen (secondary N) is 1. The first kappa shape index (κ1) is 17.3. The second-order valence-corrected chi connectivity index (χ2v) is 6.77. The highest BCUT2D eigenvalue weighted by Gasteiger charge is 2.19. The molecule has 0 unspecified atom stereocenters. The van der Waals surface area contributed by atoms with Crippen molar-refractivity contribution in [1.82, 2.24) is 4.72 Å². The standard InChI is InChI=1S/C14H19F2NO4S/c15-11-4-5-14(13(16)9-11)22(18,19)17-6-2-7-20-10-12-3-1-8-21-12/h4-5,9,12,17H,1-3,6-8,10H2/t12-/m1/s1. The minimum absolute atomic E-state index is 0.116. The van der Waals surface area contributed by atoms with Gasteiger partial charge in [0.05, 0.1) is 12.7 Å². The zero-order chi connectivity index (χ0) is 16.0. The first-order valence-electron chi connectivity index (χ1n) is 7.13. The molecule has 1 aromatic carbocycles. The van der Waals surface area contributed by atoms with Gasteiger partial charge in [-0.3, -0.25) is 0 Å². The molecule has 8 heteroatoms.